The number of sulfone groups is 1. The Bertz CT molecular complexity index is 2190. The summed E-state index contributed by atoms with van der Waals surface area (Å²) in [5, 5.41) is 21.9. The van der Waals surface area contributed by atoms with Gasteiger partial charge in [-0.25, -0.2) is 25.8 Å². The lowest BCUT2D eigenvalue weighted by Crippen LogP contribution is -2.22. The quantitative estimate of drug-likeness (QED) is 0.152. The van der Waals surface area contributed by atoms with Crippen LogP contribution in [0, 0.1) is 25.2 Å². The Hall–Kier alpha value is -3.80. The number of aromatic nitrogens is 3. The Morgan fingerprint density at radius 2 is 1.71 bits per heavy atom. The number of nitriles is 1. The van der Waals surface area contributed by atoms with E-state index in [0.29, 0.717) is 28.8 Å². The molecule has 0 amide bonds. The summed E-state index contributed by atoms with van der Waals surface area (Å²) in [5.74, 6) is 0.109. The van der Waals surface area contributed by atoms with Crippen molar-refractivity contribution in [3.63, 3.8) is 0 Å². The number of nitrogens with zero attached hydrogens (tertiary/aromatic N) is 4. The number of fused-ring (bicyclic) bond motifs is 2. The second-order valence-corrected chi connectivity index (χ2v) is 22.0. The van der Waals surface area contributed by atoms with Crippen molar-refractivity contribution in [1.82, 2.24) is 13.5 Å². The Labute approximate surface area is 264 Å². The van der Waals surface area contributed by atoms with Gasteiger partial charge in [0.25, 0.3) is 10.0 Å². The van der Waals surface area contributed by atoms with Crippen LogP contribution in [0.15, 0.2) is 70.6 Å². The number of aliphatic hydroxyl groups excluding tert-OH is 1. The first-order valence-corrected chi connectivity index (χ1v) is 21.4. The predicted molar refractivity (Wildman–Crippen MR) is 176 cm³/mol. The monoisotopic (exact) mass is 664 g/mol. The van der Waals surface area contributed by atoms with Crippen LogP contribution in [0.4, 0.5) is 0 Å². The highest BCUT2D eigenvalue weighted by Gasteiger charge is 2.31. The van der Waals surface area contributed by atoms with Gasteiger partial charge in [-0.15, -0.1) is 0 Å². The van der Waals surface area contributed by atoms with E-state index in [2.05, 4.69) is 30.7 Å². The van der Waals surface area contributed by atoms with Gasteiger partial charge in [0, 0.05) is 38.1 Å². The lowest BCUT2D eigenvalue weighted by Gasteiger charge is -2.20. The molecule has 5 rings (SSSR count). The summed E-state index contributed by atoms with van der Waals surface area (Å²) < 4.78 is 62.7. The van der Waals surface area contributed by atoms with Gasteiger partial charge < -0.3 is 14.4 Å². The largest absolute Gasteiger partial charge is 0.380 e. The van der Waals surface area contributed by atoms with Gasteiger partial charge in [0.1, 0.15) is 18.7 Å². The van der Waals surface area contributed by atoms with Gasteiger partial charge in [-0.05, 0) is 67.9 Å². The second-order valence-electron chi connectivity index (χ2n) is 12.5. The molecule has 2 heterocycles. The normalized spacial score (nSPS) is 13.4. The van der Waals surface area contributed by atoms with Crippen molar-refractivity contribution in [2.45, 2.75) is 62.2 Å². The third-order valence-corrected chi connectivity index (χ3v) is 12.3. The Kier molecular flexibility index (Phi) is 8.58. The molecule has 0 aliphatic heterocycles. The maximum Gasteiger partial charge on any atom is 0.268 e. The van der Waals surface area contributed by atoms with Crippen LogP contribution in [0.25, 0.3) is 21.9 Å². The zero-order valence-corrected chi connectivity index (χ0v) is 28.7. The number of rotatable bonds is 10. The van der Waals surface area contributed by atoms with E-state index in [0.717, 1.165) is 21.8 Å². The van der Waals surface area contributed by atoms with Crippen molar-refractivity contribution < 1.29 is 26.7 Å². The summed E-state index contributed by atoms with van der Waals surface area (Å²) in [5.41, 5.74) is 2.98. The van der Waals surface area contributed by atoms with E-state index in [4.69, 9.17) is 4.74 Å². The van der Waals surface area contributed by atoms with E-state index in [9.17, 15) is 27.2 Å². The number of aliphatic hydroxyl groups is 1. The summed E-state index contributed by atoms with van der Waals surface area (Å²) in [6.45, 7) is 10.7. The zero-order chi connectivity index (χ0) is 32.9. The molecule has 0 radical (unpaired) electrons. The summed E-state index contributed by atoms with van der Waals surface area (Å²) in [6.07, 6.45) is 0.830. The Morgan fingerprint density at radius 3 is 2.33 bits per heavy atom. The van der Waals surface area contributed by atoms with E-state index in [1.165, 1.54) is 30.5 Å². The van der Waals surface area contributed by atoms with E-state index >= 15 is 0 Å². The average Bonchev–Trinajstić information content (AvgIpc) is 3.57. The Balaban J connectivity index is 1.73. The summed E-state index contributed by atoms with van der Waals surface area (Å²) in [4.78, 5) is 4.60. The fourth-order valence-corrected chi connectivity index (χ4v) is 8.50. The third kappa shape index (κ3) is 6.34. The SMILES string of the molecule is Cc1ccc(S(=O)(=O)n2ccc3c(C(O)c4nc5ccc(C#N)cc5n4COCC[Si](C)(C)C)c(S(C)(=O)=O)cc(C)c32)cc1. The molecule has 45 heavy (non-hydrogen) atoms. The molecule has 5 aromatic rings. The molecule has 0 saturated heterocycles. The summed E-state index contributed by atoms with van der Waals surface area (Å²) >= 11 is 0. The molecule has 1 N–H and O–H groups in total. The van der Waals surface area contributed by atoms with E-state index in [1.807, 2.05) is 6.92 Å². The number of hydrogen-bond donors (Lipinski definition) is 1. The van der Waals surface area contributed by atoms with Crippen LogP contribution in [0.1, 0.15) is 34.2 Å². The number of ether oxygens (including phenoxy) is 1. The second kappa shape index (κ2) is 11.8. The van der Waals surface area contributed by atoms with Crippen LogP contribution >= 0.6 is 0 Å². The summed E-state index contributed by atoms with van der Waals surface area (Å²) in [6, 6.07) is 17.3. The fourth-order valence-electron chi connectivity index (χ4n) is 5.33. The van der Waals surface area contributed by atoms with Gasteiger partial charge in [-0.2, -0.15) is 5.26 Å². The first-order chi connectivity index (χ1) is 21.0. The number of aryl methyl sites for hydroxylation is 2. The molecule has 2 aromatic heterocycles. The number of hydrogen-bond acceptors (Lipinski definition) is 8. The minimum absolute atomic E-state index is 0.00822. The molecule has 1 unspecified atom stereocenters. The van der Waals surface area contributed by atoms with Gasteiger partial charge in [-0.3, -0.25) is 0 Å². The molecule has 0 fully saturated rings. The van der Waals surface area contributed by atoms with E-state index in [1.54, 1.807) is 41.8 Å². The van der Waals surface area contributed by atoms with Gasteiger partial charge in [0.05, 0.1) is 38.0 Å². The molecule has 0 spiro atoms. The molecule has 0 aliphatic rings. The topological polar surface area (TPSA) is 144 Å². The maximum atomic E-state index is 13.8. The molecular weight excluding hydrogens is 629 g/mol. The molecule has 0 saturated carbocycles. The zero-order valence-electron chi connectivity index (χ0n) is 26.1. The number of imidazole rings is 1. The highest BCUT2D eigenvalue weighted by molar-refractivity contribution is 7.91. The first kappa shape index (κ1) is 32.6. The summed E-state index contributed by atoms with van der Waals surface area (Å²) in [7, 11) is -9.36. The molecule has 0 bridgehead atoms. The highest BCUT2D eigenvalue weighted by atomic mass is 32.2. The lowest BCUT2D eigenvalue weighted by molar-refractivity contribution is 0.0814. The van der Waals surface area contributed by atoms with Crippen molar-refractivity contribution in [1.29, 1.82) is 5.26 Å². The molecule has 3 aromatic carbocycles. The van der Waals surface area contributed by atoms with Gasteiger partial charge in [-0.1, -0.05) is 37.3 Å². The lowest BCUT2D eigenvalue weighted by atomic mass is 10.0. The van der Waals surface area contributed by atoms with E-state index < -0.39 is 34.0 Å². The van der Waals surface area contributed by atoms with Gasteiger partial charge in [0.2, 0.25) is 0 Å². The maximum absolute atomic E-state index is 13.8. The van der Waals surface area contributed by atoms with Gasteiger partial charge >= 0.3 is 0 Å². The van der Waals surface area contributed by atoms with Gasteiger partial charge in [0.15, 0.2) is 9.84 Å². The Morgan fingerprint density at radius 1 is 1.02 bits per heavy atom. The van der Waals surface area contributed by atoms with Crippen LogP contribution in [-0.2, 0) is 31.3 Å². The minimum Gasteiger partial charge on any atom is -0.380 e. The van der Waals surface area contributed by atoms with Crippen LogP contribution in [0.3, 0.4) is 0 Å². The fraction of sp³-hybridized carbons (Fsp3) is 0.312. The van der Waals surface area contributed by atoms with Crippen LogP contribution in [0.5, 0.6) is 0 Å². The molecule has 1 atom stereocenters. The molecule has 0 aliphatic carbocycles. The van der Waals surface area contributed by atoms with Crippen LogP contribution < -0.4 is 0 Å². The minimum atomic E-state index is -4.06. The van der Waals surface area contributed by atoms with Crippen LogP contribution in [-0.4, -0.2) is 56.4 Å². The third-order valence-electron chi connectivity index (χ3n) is 7.75. The standard InChI is InChI=1S/C32H36N4O6S2Si/c1-21-7-10-24(11-8-21)44(40,41)36-14-13-25-29(28(43(3,38)39)17-22(2)30(25)36)31(37)32-34-26-12-9-23(19-33)18-27(26)35(32)20-42-15-16-45(4,5)6/h7-14,17-18,31,37H,15-16,20H2,1-6H3. The number of benzene rings is 3. The van der Waals surface area contributed by atoms with E-state index in [-0.39, 0.29) is 38.8 Å². The van der Waals surface area contributed by atoms with Crippen molar-refractivity contribution in [3.05, 3.63) is 88.9 Å². The highest BCUT2D eigenvalue weighted by Crippen LogP contribution is 2.38. The molecule has 13 heteroatoms. The average molecular weight is 665 g/mol. The van der Waals surface area contributed by atoms with Crippen LogP contribution in [0.2, 0.25) is 25.7 Å². The van der Waals surface area contributed by atoms with Crippen molar-refractivity contribution in [2.24, 2.45) is 0 Å². The van der Waals surface area contributed by atoms with Crippen molar-refractivity contribution in [3.8, 4) is 6.07 Å². The molecular formula is C32H36N4O6S2Si. The predicted octanol–water partition coefficient (Wildman–Crippen LogP) is 5.51. The molecule has 236 valence electrons. The van der Waals surface area contributed by atoms with Crippen molar-refractivity contribution >= 4 is 49.9 Å². The van der Waals surface area contributed by atoms with Crippen molar-refractivity contribution in [2.75, 3.05) is 12.9 Å². The smallest absolute Gasteiger partial charge is 0.268 e. The molecule has 10 nitrogen and oxygen atoms in total. The first-order valence-electron chi connectivity index (χ1n) is 14.4.